The van der Waals surface area contributed by atoms with E-state index in [0.717, 1.165) is 12.1 Å². The number of fused-ring (bicyclic) bond motifs is 1. The van der Waals surface area contributed by atoms with E-state index in [9.17, 15) is 50.8 Å². The van der Waals surface area contributed by atoms with Gasteiger partial charge in [0, 0.05) is 17.7 Å². The maximum Gasteiger partial charge on any atom is 0.197 e. The summed E-state index contributed by atoms with van der Waals surface area (Å²) in [6, 6.07) is 7.84. The number of aliphatic hydroxyl groups excluding tert-OH is 6. The molecule has 9 atom stereocenters. The Morgan fingerprint density at radius 1 is 0.900 bits per heavy atom. The Balaban J connectivity index is 1.58. The molecular weight excluding hydrogens is 536 g/mol. The zero-order valence-corrected chi connectivity index (χ0v) is 20.6. The molecule has 0 aliphatic carbocycles. The van der Waals surface area contributed by atoms with Crippen LogP contribution in [0.15, 0.2) is 45.6 Å². The van der Waals surface area contributed by atoms with Crippen LogP contribution in [-0.2, 0) is 14.2 Å². The number of ether oxygens (including phenoxy) is 3. The van der Waals surface area contributed by atoms with Gasteiger partial charge in [-0.15, -0.1) is 0 Å². The highest BCUT2D eigenvalue weighted by Gasteiger charge is 2.50. The van der Waals surface area contributed by atoms with Gasteiger partial charge in [0.2, 0.25) is 0 Å². The van der Waals surface area contributed by atoms with Crippen LogP contribution < -0.4 is 5.43 Å². The quantitative estimate of drug-likeness (QED) is 0.172. The van der Waals surface area contributed by atoms with Crippen LogP contribution in [0.3, 0.4) is 0 Å². The van der Waals surface area contributed by atoms with Crippen LogP contribution in [0.4, 0.5) is 0 Å². The molecule has 0 bridgehead atoms. The molecule has 9 N–H and O–H groups in total. The van der Waals surface area contributed by atoms with Gasteiger partial charge >= 0.3 is 0 Å². The smallest absolute Gasteiger partial charge is 0.197 e. The highest BCUT2D eigenvalue weighted by atomic mass is 16.7. The van der Waals surface area contributed by atoms with Crippen molar-refractivity contribution in [1.29, 1.82) is 0 Å². The summed E-state index contributed by atoms with van der Waals surface area (Å²) >= 11 is 0. The van der Waals surface area contributed by atoms with E-state index >= 15 is 0 Å². The Morgan fingerprint density at radius 2 is 1.60 bits per heavy atom. The summed E-state index contributed by atoms with van der Waals surface area (Å²) in [5.41, 5.74) is -0.980. The fourth-order valence-corrected chi connectivity index (χ4v) is 4.88. The fraction of sp³-hybridized carbons (Fsp3) is 0.423. The van der Waals surface area contributed by atoms with E-state index in [1.165, 1.54) is 24.3 Å². The van der Waals surface area contributed by atoms with E-state index < -0.39 is 90.8 Å². The molecule has 2 aliphatic heterocycles. The predicted molar refractivity (Wildman–Crippen MR) is 132 cm³/mol. The molecule has 216 valence electrons. The molecule has 2 saturated heterocycles. The van der Waals surface area contributed by atoms with Crippen molar-refractivity contribution >= 4 is 11.0 Å². The number of phenols is 3. The molecule has 2 fully saturated rings. The summed E-state index contributed by atoms with van der Waals surface area (Å²) in [5.74, 6) is -1.42. The SMILES string of the molecule is O=c1cc(-c2ccc(O)cc2)oc2cc(O)c([C@@H]3O[C@H](CO)[C@@H](O)[C@H](O)[C@H]3O[C@H]3OC[C@H](O)[C@H](O)[C@H]3O)c(O)c12. The molecule has 0 radical (unpaired) electrons. The lowest BCUT2D eigenvalue weighted by molar-refractivity contribution is -0.325. The average molecular weight is 564 g/mol. The first kappa shape index (κ1) is 28.2. The third-order valence-electron chi connectivity index (χ3n) is 7.06. The summed E-state index contributed by atoms with van der Waals surface area (Å²) in [6.45, 7) is -1.24. The van der Waals surface area contributed by atoms with Gasteiger partial charge in [0.05, 0.1) is 18.8 Å². The van der Waals surface area contributed by atoms with Crippen LogP contribution in [0.1, 0.15) is 11.7 Å². The predicted octanol–water partition coefficient (Wildman–Crippen LogP) is -1.45. The molecule has 2 aliphatic rings. The van der Waals surface area contributed by atoms with Gasteiger partial charge < -0.3 is 64.6 Å². The van der Waals surface area contributed by atoms with Gasteiger partial charge in [-0.3, -0.25) is 4.79 Å². The molecule has 2 aromatic carbocycles. The number of hydrogen-bond acceptors (Lipinski definition) is 14. The zero-order chi connectivity index (χ0) is 28.9. The normalized spacial score (nSPS) is 32.8. The van der Waals surface area contributed by atoms with Gasteiger partial charge in [-0.25, -0.2) is 0 Å². The van der Waals surface area contributed by atoms with Gasteiger partial charge in [0.25, 0.3) is 0 Å². The van der Waals surface area contributed by atoms with E-state index in [1.54, 1.807) is 0 Å². The maximum absolute atomic E-state index is 13.1. The third kappa shape index (κ3) is 4.89. The number of hydrogen-bond donors (Lipinski definition) is 9. The molecule has 0 amide bonds. The Bertz CT molecular complexity index is 1420. The molecule has 0 unspecified atom stereocenters. The molecule has 1 aromatic heterocycles. The molecule has 40 heavy (non-hydrogen) atoms. The monoisotopic (exact) mass is 564 g/mol. The number of aromatic hydroxyl groups is 3. The number of aliphatic hydroxyl groups is 6. The Labute approximate surface area is 225 Å². The maximum atomic E-state index is 13.1. The second kappa shape index (κ2) is 10.9. The standard InChI is InChI=1S/C26H28O14/c27-7-16-20(33)22(35)25(40-26-23(36)19(32)13(31)8-37-26)24(39-16)18-12(30)6-15-17(21(18)34)11(29)5-14(38-15)9-1-3-10(28)4-2-9/h1-6,13,16,19-20,22-28,30-36H,7-8H2/t13-,16+,19-,20+,22-,23+,24-,25+,26+/m0/s1. The Kier molecular flexibility index (Phi) is 7.71. The van der Waals surface area contributed by atoms with Gasteiger partial charge in [0.15, 0.2) is 11.7 Å². The first-order valence-corrected chi connectivity index (χ1v) is 12.3. The van der Waals surface area contributed by atoms with Gasteiger partial charge in [-0.05, 0) is 24.3 Å². The topological polar surface area (TPSA) is 240 Å². The number of phenolic OH excluding ortho intramolecular Hbond substituents is 3. The molecule has 14 heteroatoms. The van der Waals surface area contributed by atoms with Crippen molar-refractivity contribution in [3.8, 4) is 28.6 Å². The molecule has 3 aromatic rings. The first-order valence-electron chi connectivity index (χ1n) is 12.3. The highest BCUT2D eigenvalue weighted by Crippen LogP contribution is 2.46. The van der Waals surface area contributed by atoms with Crippen molar-refractivity contribution in [2.75, 3.05) is 13.2 Å². The van der Waals surface area contributed by atoms with Crippen molar-refractivity contribution in [2.24, 2.45) is 0 Å². The van der Waals surface area contributed by atoms with Crippen molar-refractivity contribution in [3.05, 3.63) is 52.2 Å². The van der Waals surface area contributed by atoms with Crippen LogP contribution in [0.2, 0.25) is 0 Å². The highest BCUT2D eigenvalue weighted by molar-refractivity contribution is 5.88. The Hall–Kier alpha value is -3.31. The van der Waals surface area contributed by atoms with Gasteiger partial charge in [-0.2, -0.15) is 0 Å². The van der Waals surface area contributed by atoms with Gasteiger partial charge in [-0.1, -0.05) is 0 Å². The van der Waals surface area contributed by atoms with Crippen molar-refractivity contribution in [2.45, 2.75) is 55.1 Å². The van der Waals surface area contributed by atoms with Crippen LogP contribution in [0, 0.1) is 0 Å². The van der Waals surface area contributed by atoms with Crippen molar-refractivity contribution in [1.82, 2.24) is 0 Å². The lowest BCUT2D eigenvalue weighted by Crippen LogP contribution is -2.60. The summed E-state index contributed by atoms with van der Waals surface area (Å²) in [7, 11) is 0. The van der Waals surface area contributed by atoms with E-state index in [1.807, 2.05) is 0 Å². The minimum Gasteiger partial charge on any atom is -0.508 e. The van der Waals surface area contributed by atoms with Crippen LogP contribution >= 0.6 is 0 Å². The molecule has 14 nitrogen and oxygen atoms in total. The van der Waals surface area contributed by atoms with E-state index in [4.69, 9.17) is 18.6 Å². The second-order valence-electron chi connectivity index (χ2n) is 9.66. The lowest BCUT2D eigenvalue weighted by atomic mass is 9.89. The summed E-state index contributed by atoms with van der Waals surface area (Å²) < 4.78 is 22.3. The van der Waals surface area contributed by atoms with Crippen molar-refractivity contribution in [3.63, 3.8) is 0 Å². The average Bonchev–Trinajstić information content (AvgIpc) is 2.92. The zero-order valence-electron chi connectivity index (χ0n) is 20.6. The number of rotatable bonds is 5. The Morgan fingerprint density at radius 3 is 2.27 bits per heavy atom. The number of benzene rings is 2. The lowest BCUT2D eigenvalue weighted by Gasteiger charge is -2.45. The first-order chi connectivity index (χ1) is 19.0. The van der Waals surface area contributed by atoms with Crippen LogP contribution in [0.25, 0.3) is 22.3 Å². The fourth-order valence-electron chi connectivity index (χ4n) is 4.88. The molecular formula is C26H28O14. The van der Waals surface area contributed by atoms with Crippen LogP contribution in [-0.4, -0.2) is 108 Å². The van der Waals surface area contributed by atoms with Gasteiger partial charge in [0.1, 0.15) is 82.8 Å². The third-order valence-corrected chi connectivity index (χ3v) is 7.06. The largest absolute Gasteiger partial charge is 0.508 e. The van der Waals surface area contributed by atoms with Crippen LogP contribution in [0.5, 0.6) is 17.2 Å². The second-order valence-corrected chi connectivity index (χ2v) is 9.66. The van der Waals surface area contributed by atoms with Crippen molar-refractivity contribution < 1.29 is 64.6 Å². The van der Waals surface area contributed by atoms with E-state index in [2.05, 4.69) is 0 Å². The summed E-state index contributed by atoms with van der Waals surface area (Å²) in [4.78, 5) is 13.1. The molecule has 5 rings (SSSR count). The minimum absolute atomic E-state index is 0.0126. The molecule has 0 spiro atoms. The minimum atomic E-state index is -1.85. The van der Waals surface area contributed by atoms with E-state index in [-0.39, 0.29) is 22.5 Å². The molecule has 0 saturated carbocycles. The summed E-state index contributed by atoms with van der Waals surface area (Å²) in [5, 5.41) is 92.3. The summed E-state index contributed by atoms with van der Waals surface area (Å²) in [6.07, 6.45) is -14.9. The molecule has 3 heterocycles. The van der Waals surface area contributed by atoms with E-state index in [0.29, 0.717) is 5.56 Å².